The average Bonchev–Trinajstić information content (AvgIpc) is 2.49. The van der Waals surface area contributed by atoms with Crippen LogP contribution in [0.15, 0.2) is 35.4 Å². The Labute approximate surface area is 122 Å². The Kier molecular flexibility index (Phi) is 5.43. The van der Waals surface area contributed by atoms with Gasteiger partial charge in [-0.2, -0.15) is 0 Å². The van der Waals surface area contributed by atoms with Crippen LogP contribution < -0.4 is 5.32 Å². The quantitative estimate of drug-likeness (QED) is 0.505. The smallest absolute Gasteiger partial charge is 0.407 e. The number of ether oxygens (including phenoxy) is 1. The number of hydrogen-bond acceptors (Lipinski definition) is 4. The van der Waals surface area contributed by atoms with Crippen LogP contribution in [0.2, 0.25) is 0 Å². The predicted octanol–water partition coefficient (Wildman–Crippen LogP) is 2.51. The molecule has 7 nitrogen and oxygen atoms in total. The third-order valence-corrected chi connectivity index (χ3v) is 3.52. The molecule has 1 aliphatic carbocycles. The summed E-state index contributed by atoms with van der Waals surface area (Å²) in [5.41, 5.74) is 9.30. The third-order valence-electron chi connectivity index (χ3n) is 3.52. The van der Waals surface area contributed by atoms with Crippen molar-refractivity contribution in [2.75, 3.05) is 0 Å². The number of hydrogen-bond donors (Lipinski definition) is 2. The van der Waals surface area contributed by atoms with Crippen LogP contribution in [0.5, 0.6) is 0 Å². The first kappa shape index (κ1) is 15.2. The zero-order chi connectivity index (χ0) is 15.1. The van der Waals surface area contributed by atoms with Gasteiger partial charge >= 0.3 is 6.09 Å². The zero-order valence-corrected chi connectivity index (χ0v) is 11.6. The minimum absolute atomic E-state index is 0.159. The fourth-order valence-electron chi connectivity index (χ4n) is 2.39. The Morgan fingerprint density at radius 3 is 2.86 bits per heavy atom. The van der Waals surface area contributed by atoms with E-state index in [1.807, 2.05) is 30.3 Å². The van der Waals surface area contributed by atoms with Crippen molar-refractivity contribution in [3.05, 3.63) is 46.3 Å². The predicted molar refractivity (Wildman–Crippen MR) is 76.3 cm³/mol. The van der Waals surface area contributed by atoms with Crippen LogP contribution in [0.3, 0.4) is 0 Å². The third kappa shape index (κ3) is 4.66. The van der Waals surface area contributed by atoms with Gasteiger partial charge in [0.05, 0.1) is 12.1 Å². The van der Waals surface area contributed by atoms with Crippen molar-refractivity contribution in [2.24, 2.45) is 5.11 Å². The fraction of sp³-hybridized carbons (Fsp3) is 0.500. The standard InChI is InChI=1S/C14H18N4O3/c15-18-17-12-7-6-11(8-13(12)19)16-14(20)21-9-10-4-2-1-3-5-10/h1-5,11-13,19H,6-9H2,(H,16,20)/t11-,12-,13-/m0/s1. The van der Waals surface area contributed by atoms with Gasteiger partial charge in [-0.1, -0.05) is 35.4 Å². The van der Waals surface area contributed by atoms with E-state index in [1.54, 1.807) is 0 Å². The minimum Gasteiger partial charge on any atom is -0.445 e. The molecule has 1 aromatic carbocycles. The molecule has 0 unspecified atom stereocenters. The van der Waals surface area contributed by atoms with Gasteiger partial charge in [0.2, 0.25) is 0 Å². The number of rotatable bonds is 4. The topological polar surface area (TPSA) is 107 Å². The molecule has 0 radical (unpaired) electrons. The molecule has 0 heterocycles. The summed E-state index contributed by atoms with van der Waals surface area (Å²) in [7, 11) is 0. The van der Waals surface area contributed by atoms with Crippen molar-refractivity contribution in [2.45, 2.75) is 44.1 Å². The molecule has 3 atom stereocenters. The summed E-state index contributed by atoms with van der Waals surface area (Å²) in [6.45, 7) is 0.212. The number of amides is 1. The Bertz CT molecular complexity index is 516. The average molecular weight is 290 g/mol. The van der Waals surface area contributed by atoms with Crippen LogP contribution in [0.4, 0.5) is 4.79 Å². The van der Waals surface area contributed by atoms with E-state index in [0.29, 0.717) is 19.3 Å². The molecule has 0 spiro atoms. The van der Waals surface area contributed by atoms with E-state index in [4.69, 9.17) is 10.3 Å². The van der Waals surface area contributed by atoms with Crippen molar-refractivity contribution in [1.82, 2.24) is 5.32 Å². The molecule has 0 saturated heterocycles. The second-order valence-corrected chi connectivity index (χ2v) is 5.06. The number of alkyl carbamates (subject to hydrolysis) is 1. The van der Waals surface area contributed by atoms with E-state index in [0.717, 1.165) is 5.56 Å². The van der Waals surface area contributed by atoms with Crippen molar-refractivity contribution in [3.8, 4) is 0 Å². The molecule has 2 rings (SSSR count). The maximum Gasteiger partial charge on any atom is 0.407 e. The van der Waals surface area contributed by atoms with E-state index < -0.39 is 18.2 Å². The lowest BCUT2D eigenvalue weighted by atomic mass is 9.89. The second kappa shape index (κ2) is 7.52. The number of nitrogens with one attached hydrogen (secondary N) is 1. The van der Waals surface area contributed by atoms with Gasteiger partial charge in [-0.25, -0.2) is 4.79 Å². The lowest BCUT2D eigenvalue weighted by Crippen LogP contribution is -2.44. The van der Waals surface area contributed by atoms with Crippen molar-refractivity contribution >= 4 is 6.09 Å². The van der Waals surface area contributed by atoms with E-state index in [-0.39, 0.29) is 12.6 Å². The lowest BCUT2D eigenvalue weighted by molar-refractivity contribution is 0.0844. The SMILES string of the molecule is [N-]=[N+]=N[C@H]1CC[C@H](NC(=O)OCc2ccccc2)C[C@@H]1O. The molecular formula is C14H18N4O3. The molecule has 1 fully saturated rings. The van der Waals surface area contributed by atoms with E-state index in [9.17, 15) is 9.90 Å². The highest BCUT2D eigenvalue weighted by molar-refractivity contribution is 5.67. The molecule has 0 aromatic heterocycles. The van der Waals surface area contributed by atoms with Gasteiger partial charge in [-0.05, 0) is 30.4 Å². The first-order chi connectivity index (χ1) is 10.2. The fourth-order valence-corrected chi connectivity index (χ4v) is 2.39. The number of carbonyl (C=O) groups is 1. The molecule has 21 heavy (non-hydrogen) atoms. The summed E-state index contributed by atoms with van der Waals surface area (Å²) >= 11 is 0. The van der Waals surface area contributed by atoms with Crippen LogP contribution in [-0.2, 0) is 11.3 Å². The first-order valence-corrected chi connectivity index (χ1v) is 6.88. The highest BCUT2D eigenvalue weighted by atomic mass is 16.5. The van der Waals surface area contributed by atoms with Crippen molar-refractivity contribution in [1.29, 1.82) is 0 Å². The highest BCUT2D eigenvalue weighted by Crippen LogP contribution is 2.22. The molecule has 0 bridgehead atoms. The molecule has 1 aliphatic rings. The van der Waals surface area contributed by atoms with E-state index in [1.165, 1.54) is 0 Å². The molecule has 7 heteroatoms. The van der Waals surface area contributed by atoms with Gasteiger partial charge in [0.25, 0.3) is 0 Å². The molecular weight excluding hydrogens is 272 g/mol. The summed E-state index contributed by atoms with van der Waals surface area (Å²) in [5, 5.41) is 16.1. The summed E-state index contributed by atoms with van der Waals surface area (Å²) < 4.78 is 5.13. The number of aliphatic hydroxyl groups is 1. The molecule has 1 saturated carbocycles. The summed E-state index contributed by atoms with van der Waals surface area (Å²) in [5.74, 6) is 0. The normalized spacial score (nSPS) is 24.7. The van der Waals surface area contributed by atoms with Gasteiger partial charge in [0, 0.05) is 11.0 Å². The maximum absolute atomic E-state index is 11.7. The largest absolute Gasteiger partial charge is 0.445 e. The van der Waals surface area contributed by atoms with Gasteiger partial charge in [-0.15, -0.1) is 0 Å². The lowest BCUT2D eigenvalue weighted by Gasteiger charge is -2.30. The Morgan fingerprint density at radius 1 is 1.43 bits per heavy atom. The molecule has 1 aromatic rings. The van der Waals surface area contributed by atoms with Gasteiger partial charge in [0.15, 0.2) is 0 Å². The van der Waals surface area contributed by atoms with Crippen molar-refractivity contribution < 1.29 is 14.6 Å². The number of azide groups is 1. The highest BCUT2D eigenvalue weighted by Gasteiger charge is 2.29. The van der Waals surface area contributed by atoms with Crippen LogP contribution in [-0.4, -0.2) is 29.4 Å². The summed E-state index contributed by atoms with van der Waals surface area (Å²) in [6, 6.07) is 8.84. The Balaban J connectivity index is 1.75. The van der Waals surface area contributed by atoms with E-state index in [2.05, 4.69) is 15.3 Å². The summed E-state index contributed by atoms with van der Waals surface area (Å²) in [4.78, 5) is 14.4. The van der Waals surface area contributed by atoms with Crippen LogP contribution in [0.25, 0.3) is 10.4 Å². The van der Waals surface area contributed by atoms with Crippen LogP contribution in [0, 0.1) is 0 Å². The number of benzene rings is 1. The van der Waals surface area contributed by atoms with Gasteiger partial charge in [-0.3, -0.25) is 0 Å². The number of carbonyl (C=O) groups excluding carboxylic acids is 1. The molecule has 0 aliphatic heterocycles. The minimum atomic E-state index is -0.728. The van der Waals surface area contributed by atoms with Crippen LogP contribution >= 0.6 is 0 Å². The number of nitrogens with zero attached hydrogens (tertiary/aromatic N) is 3. The van der Waals surface area contributed by atoms with Crippen molar-refractivity contribution in [3.63, 3.8) is 0 Å². The maximum atomic E-state index is 11.7. The molecule has 2 N–H and O–H groups in total. The first-order valence-electron chi connectivity index (χ1n) is 6.88. The Morgan fingerprint density at radius 2 is 2.19 bits per heavy atom. The Hall–Kier alpha value is -2.24. The monoisotopic (exact) mass is 290 g/mol. The zero-order valence-electron chi connectivity index (χ0n) is 11.6. The van der Waals surface area contributed by atoms with Gasteiger partial charge in [0.1, 0.15) is 6.61 Å². The second-order valence-electron chi connectivity index (χ2n) is 5.06. The molecule has 112 valence electrons. The van der Waals surface area contributed by atoms with Crippen LogP contribution in [0.1, 0.15) is 24.8 Å². The summed E-state index contributed by atoms with van der Waals surface area (Å²) in [6.07, 6.45) is 0.340. The van der Waals surface area contributed by atoms with Gasteiger partial charge < -0.3 is 15.2 Å². The molecule has 1 amide bonds. The number of aliphatic hydroxyl groups excluding tert-OH is 1. The van der Waals surface area contributed by atoms with E-state index >= 15 is 0 Å².